The summed E-state index contributed by atoms with van der Waals surface area (Å²) < 4.78 is 11.7. The molecule has 1 atom stereocenters. The monoisotopic (exact) mass is 191 g/mol. The van der Waals surface area contributed by atoms with E-state index in [1.807, 2.05) is 18.2 Å². The zero-order valence-corrected chi connectivity index (χ0v) is 7.69. The molecule has 1 aliphatic heterocycles. The van der Waals surface area contributed by atoms with Crippen LogP contribution in [0.15, 0.2) is 27.4 Å². The summed E-state index contributed by atoms with van der Waals surface area (Å²) in [6.07, 6.45) is 0.212. The lowest BCUT2D eigenvalue weighted by molar-refractivity contribution is 0.416. The molecule has 1 aliphatic rings. The lowest BCUT2D eigenvalue weighted by Crippen LogP contribution is -2.08. The topological polar surface area (TPSA) is 47.7 Å². The van der Waals surface area contributed by atoms with Crippen molar-refractivity contribution in [2.75, 3.05) is 6.61 Å². The zero-order chi connectivity index (χ0) is 9.71. The number of ether oxygens (including phenoxy) is 1. The number of fused-ring (bicyclic) bond motifs is 1. The summed E-state index contributed by atoms with van der Waals surface area (Å²) in [6, 6.07) is 5.69. The van der Waals surface area contributed by atoms with Crippen molar-refractivity contribution in [3.05, 3.63) is 34.3 Å². The summed E-state index contributed by atoms with van der Waals surface area (Å²) in [5.41, 5.74) is 2.55. The van der Waals surface area contributed by atoms with Gasteiger partial charge in [-0.1, -0.05) is 6.07 Å². The average molecular weight is 191 g/mol. The number of hydrogen-bond acceptors (Lipinski definition) is 3. The van der Waals surface area contributed by atoms with Crippen LogP contribution in [-0.4, -0.2) is 11.2 Å². The lowest BCUT2D eigenvalue weighted by atomic mass is 10.1. The van der Waals surface area contributed by atoms with E-state index in [4.69, 9.17) is 9.15 Å². The van der Waals surface area contributed by atoms with Crippen LogP contribution in [-0.2, 0) is 11.8 Å². The first-order valence-electron chi connectivity index (χ1n) is 4.47. The maximum atomic E-state index is 11.2. The van der Waals surface area contributed by atoms with Gasteiger partial charge in [0.05, 0.1) is 12.1 Å². The molecular formula is C10H9NO3. The van der Waals surface area contributed by atoms with Crippen LogP contribution in [0.5, 0.6) is 0 Å². The highest BCUT2D eigenvalue weighted by Gasteiger charge is 2.25. The third-order valence-corrected chi connectivity index (χ3v) is 2.52. The second-order valence-electron chi connectivity index (χ2n) is 3.48. The Bertz CT molecular complexity index is 548. The Kier molecular flexibility index (Phi) is 1.39. The Morgan fingerprint density at radius 3 is 3.00 bits per heavy atom. The summed E-state index contributed by atoms with van der Waals surface area (Å²) in [6.45, 7) is 0.775. The molecule has 0 radical (unpaired) electrons. The van der Waals surface area contributed by atoms with Crippen molar-refractivity contribution in [3.63, 3.8) is 0 Å². The maximum Gasteiger partial charge on any atom is 0.419 e. The van der Waals surface area contributed by atoms with E-state index in [9.17, 15) is 4.79 Å². The summed E-state index contributed by atoms with van der Waals surface area (Å²) >= 11 is 0. The fraction of sp³-hybridized carbons (Fsp3) is 0.300. The predicted octanol–water partition coefficient (Wildman–Crippen LogP) is 1.20. The number of hydrogen-bond donors (Lipinski definition) is 0. The van der Waals surface area contributed by atoms with E-state index in [0.29, 0.717) is 5.58 Å². The smallest absolute Gasteiger partial charge is 0.408 e. The quantitative estimate of drug-likeness (QED) is 0.636. The van der Waals surface area contributed by atoms with E-state index in [1.54, 1.807) is 7.05 Å². The summed E-state index contributed by atoms with van der Waals surface area (Å²) in [7, 11) is 1.70. The number of aromatic nitrogens is 1. The van der Waals surface area contributed by atoms with Crippen LogP contribution >= 0.6 is 0 Å². The molecule has 0 aliphatic carbocycles. The van der Waals surface area contributed by atoms with Gasteiger partial charge in [0.15, 0.2) is 5.58 Å². The molecule has 0 bridgehead atoms. The molecule has 72 valence electrons. The van der Waals surface area contributed by atoms with Gasteiger partial charge in [0.1, 0.15) is 6.10 Å². The van der Waals surface area contributed by atoms with Crippen molar-refractivity contribution in [2.45, 2.75) is 6.10 Å². The molecule has 0 amide bonds. The van der Waals surface area contributed by atoms with Gasteiger partial charge < -0.3 is 9.15 Å². The minimum Gasteiger partial charge on any atom is -0.408 e. The van der Waals surface area contributed by atoms with E-state index in [1.165, 1.54) is 4.57 Å². The number of oxazole rings is 1. The minimum absolute atomic E-state index is 0.212. The van der Waals surface area contributed by atoms with Gasteiger partial charge in [-0.15, -0.1) is 0 Å². The first kappa shape index (κ1) is 7.82. The molecule has 14 heavy (non-hydrogen) atoms. The largest absolute Gasteiger partial charge is 0.419 e. The molecule has 1 aromatic carbocycles. The SMILES string of the molecule is Cn1c(=O)oc2ccc(C3CO3)cc21. The number of rotatable bonds is 1. The zero-order valence-electron chi connectivity index (χ0n) is 7.69. The van der Waals surface area contributed by atoms with Crippen molar-refractivity contribution >= 4 is 11.1 Å². The van der Waals surface area contributed by atoms with Crippen molar-refractivity contribution in [1.82, 2.24) is 4.57 Å². The lowest BCUT2D eigenvalue weighted by Gasteiger charge is -1.95. The molecule has 2 heterocycles. The molecular weight excluding hydrogens is 182 g/mol. The number of epoxide rings is 1. The highest BCUT2D eigenvalue weighted by molar-refractivity contribution is 5.73. The normalized spacial score (nSPS) is 20.2. The second kappa shape index (κ2) is 2.48. The van der Waals surface area contributed by atoms with Gasteiger partial charge in [-0.05, 0) is 17.7 Å². The van der Waals surface area contributed by atoms with Crippen molar-refractivity contribution in [3.8, 4) is 0 Å². The van der Waals surface area contributed by atoms with Crippen LogP contribution < -0.4 is 5.76 Å². The van der Waals surface area contributed by atoms with Gasteiger partial charge in [-0.2, -0.15) is 0 Å². The van der Waals surface area contributed by atoms with Gasteiger partial charge in [-0.3, -0.25) is 4.57 Å². The molecule has 1 fully saturated rings. The first-order chi connectivity index (χ1) is 6.75. The van der Waals surface area contributed by atoms with Crippen molar-refractivity contribution in [2.24, 2.45) is 7.05 Å². The van der Waals surface area contributed by atoms with Gasteiger partial charge in [0.2, 0.25) is 0 Å². The van der Waals surface area contributed by atoms with Gasteiger partial charge in [-0.25, -0.2) is 4.79 Å². The number of aryl methyl sites for hydroxylation is 1. The van der Waals surface area contributed by atoms with E-state index in [-0.39, 0.29) is 11.9 Å². The Balaban J connectivity index is 2.30. The molecule has 1 unspecified atom stereocenters. The van der Waals surface area contributed by atoms with Crippen molar-refractivity contribution in [1.29, 1.82) is 0 Å². The fourth-order valence-electron chi connectivity index (χ4n) is 1.58. The molecule has 0 spiro atoms. The molecule has 1 aromatic heterocycles. The standard InChI is InChI=1S/C10H9NO3/c1-11-7-4-6(9-5-13-9)2-3-8(7)14-10(11)12/h2-4,9H,5H2,1H3. The Morgan fingerprint density at radius 2 is 2.29 bits per heavy atom. The van der Waals surface area contributed by atoms with E-state index < -0.39 is 0 Å². The summed E-state index contributed by atoms with van der Waals surface area (Å²) in [4.78, 5) is 11.2. The third kappa shape index (κ3) is 1.01. The van der Waals surface area contributed by atoms with Crippen LogP contribution in [0.4, 0.5) is 0 Å². The maximum absolute atomic E-state index is 11.2. The fourth-order valence-corrected chi connectivity index (χ4v) is 1.58. The molecule has 2 aromatic rings. The molecule has 1 saturated heterocycles. The molecule has 0 saturated carbocycles. The first-order valence-corrected chi connectivity index (χ1v) is 4.47. The van der Waals surface area contributed by atoms with Crippen LogP contribution in [0.2, 0.25) is 0 Å². The summed E-state index contributed by atoms with van der Waals surface area (Å²) in [5, 5.41) is 0. The molecule has 3 rings (SSSR count). The summed E-state index contributed by atoms with van der Waals surface area (Å²) in [5.74, 6) is -0.325. The van der Waals surface area contributed by atoms with Crippen LogP contribution in [0.1, 0.15) is 11.7 Å². The van der Waals surface area contributed by atoms with Crippen LogP contribution in [0, 0.1) is 0 Å². The van der Waals surface area contributed by atoms with Crippen LogP contribution in [0.25, 0.3) is 11.1 Å². The predicted molar refractivity (Wildman–Crippen MR) is 50.1 cm³/mol. The Hall–Kier alpha value is -1.55. The van der Waals surface area contributed by atoms with Gasteiger partial charge in [0, 0.05) is 7.05 Å². The molecule has 4 nitrogen and oxygen atoms in total. The van der Waals surface area contributed by atoms with Gasteiger partial charge >= 0.3 is 5.76 Å². The number of nitrogens with zero attached hydrogens (tertiary/aromatic N) is 1. The highest BCUT2D eigenvalue weighted by Crippen LogP contribution is 2.31. The van der Waals surface area contributed by atoms with Gasteiger partial charge in [0.25, 0.3) is 0 Å². The molecule has 0 N–H and O–H groups in total. The second-order valence-corrected chi connectivity index (χ2v) is 3.48. The highest BCUT2D eigenvalue weighted by atomic mass is 16.6. The average Bonchev–Trinajstić information content (AvgIpc) is 2.97. The Labute approximate surface area is 79.7 Å². The Morgan fingerprint density at radius 1 is 1.50 bits per heavy atom. The minimum atomic E-state index is -0.325. The number of benzene rings is 1. The third-order valence-electron chi connectivity index (χ3n) is 2.52. The van der Waals surface area contributed by atoms with Crippen molar-refractivity contribution < 1.29 is 9.15 Å². The van der Waals surface area contributed by atoms with E-state index >= 15 is 0 Å². The van der Waals surface area contributed by atoms with Crippen LogP contribution in [0.3, 0.4) is 0 Å². The molecule has 4 heteroatoms. The van der Waals surface area contributed by atoms with E-state index in [0.717, 1.165) is 17.7 Å². The van der Waals surface area contributed by atoms with E-state index in [2.05, 4.69) is 0 Å².